The van der Waals surface area contributed by atoms with Crippen LogP contribution >= 0.6 is 11.3 Å². The summed E-state index contributed by atoms with van der Waals surface area (Å²) in [4.78, 5) is 13.8. The molecule has 0 spiro atoms. The third kappa shape index (κ3) is 3.72. The predicted octanol–water partition coefficient (Wildman–Crippen LogP) is 3.54. The SMILES string of the molecule is CCc1cnn(C)c1-c1c(C)sc(C(N)=O)c1[C@@H](CN)Cc1ccc(F)cc1. The monoisotopic (exact) mass is 400 g/mol. The summed E-state index contributed by atoms with van der Waals surface area (Å²) >= 11 is 1.40. The van der Waals surface area contributed by atoms with Crippen LogP contribution in [0.5, 0.6) is 0 Å². The first kappa shape index (κ1) is 20.2. The van der Waals surface area contributed by atoms with Crippen molar-refractivity contribution in [2.75, 3.05) is 6.54 Å². The fraction of sp³-hybridized carbons (Fsp3) is 0.333. The fourth-order valence-corrected chi connectivity index (χ4v) is 4.80. The van der Waals surface area contributed by atoms with Crippen LogP contribution in [0.3, 0.4) is 0 Å². The summed E-state index contributed by atoms with van der Waals surface area (Å²) < 4.78 is 15.1. The van der Waals surface area contributed by atoms with E-state index in [4.69, 9.17) is 11.5 Å². The third-order valence-corrected chi connectivity index (χ3v) is 6.20. The first-order valence-electron chi connectivity index (χ1n) is 9.26. The van der Waals surface area contributed by atoms with Crippen molar-refractivity contribution in [2.45, 2.75) is 32.6 Å². The van der Waals surface area contributed by atoms with Crippen molar-refractivity contribution >= 4 is 17.2 Å². The van der Waals surface area contributed by atoms with Crippen molar-refractivity contribution in [1.82, 2.24) is 9.78 Å². The quantitative estimate of drug-likeness (QED) is 0.636. The van der Waals surface area contributed by atoms with Crippen LogP contribution < -0.4 is 11.5 Å². The van der Waals surface area contributed by atoms with Gasteiger partial charge in [0.1, 0.15) is 5.82 Å². The predicted molar refractivity (Wildman–Crippen MR) is 111 cm³/mol. The first-order chi connectivity index (χ1) is 13.4. The van der Waals surface area contributed by atoms with E-state index in [1.165, 1.54) is 23.5 Å². The lowest BCUT2D eigenvalue weighted by molar-refractivity contribution is 0.100. The molecule has 0 aliphatic carbocycles. The Labute approximate surface area is 168 Å². The average molecular weight is 401 g/mol. The number of nitrogens with two attached hydrogens (primary N) is 2. The molecule has 0 saturated heterocycles. The number of amides is 1. The van der Waals surface area contributed by atoms with E-state index in [2.05, 4.69) is 12.0 Å². The van der Waals surface area contributed by atoms with Crippen LogP contribution in [0, 0.1) is 12.7 Å². The van der Waals surface area contributed by atoms with Crippen molar-refractivity contribution in [1.29, 1.82) is 0 Å². The standard InChI is InChI=1S/C21H25FN4OS/c1-4-14-11-25-26(3)19(14)17-12(2)28-20(21(24)27)18(17)15(10-23)9-13-5-7-16(22)8-6-13/h5-8,11,15H,4,9-10,23H2,1-3H3,(H2,24,27)/t15-/m1/s1. The number of halogens is 1. The molecular formula is C21H25FN4OS. The number of primary amides is 1. The molecule has 0 fully saturated rings. The van der Waals surface area contributed by atoms with Crippen molar-refractivity contribution in [3.05, 3.63) is 62.7 Å². The van der Waals surface area contributed by atoms with E-state index in [1.807, 2.05) is 24.9 Å². The van der Waals surface area contributed by atoms with E-state index in [-0.39, 0.29) is 11.7 Å². The van der Waals surface area contributed by atoms with Crippen molar-refractivity contribution in [3.8, 4) is 11.3 Å². The fourth-order valence-electron chi connectivity index (χ4n) is 3.70. The van der Waals surface area contributed by atoms with E-state index in [0.717, 1.165) is 39.2 Å². The second-order valence-electron chi connectivity index (χ2n) is 6.90. The Hall–Kier alpha value is -2.51. The van der Waals surface area contributed by atoms with E-state index >= 15 is 0 Å². The molecule has 28 heavy (non-hydrogen) atoms. The van der Waals surface area contributed by atoms with Gasteiger partial charge in [0.2, 0.25) is 0 Å². The molecule has 0 unspecified atom stereocenters. The highest BCUT2D eigenvalue weighted by Gasteiger charge is 2.29. The maximum atomic E-state index is 13.3. The Morgan fingerprint density at radius 2 is 2.00 bits per heavy atom. The summed E-state index contributed by atoms with van der Waals surface area (Å²) in [7, 11) is 1.90. The summed E-state index contributed by atoms with van der Waals surface area (Å²) in [6.45, 7) is 4.42. The molecule has 2 aromatic heterocycles. The van der Waals surface area contributed by atoms with Crippen LogP contribution in [0.4, 0.5) is 4.39 Å². The molecule has 0 aliphatic heterocycles. The smallest absolute Gasteiger partial charge is 0.259 e. The van der Waals surface area contributed by atoms with Gasteiger partial charge in [0, 0.05) is 23.4 Å². The van der Waals surface area contributed by atoms with Crippen LogP contribution in [0.1, 0.15) is 44.1 Å². The molecule has 3 aromatic rings. The second kappa shape index (κ2) is 8.24. The zero-order chi connectivity index (χ0) is 20.4. The topological polar surface area (TPSA) is 86.9 Å². The molecule has 3 rings (SSSR count). The maximum Gasteiger partial charge on any atom is 0.259 e. The van der Waals surface area contributed by atoms with Gasteiger partial charge in [-0.05, 0) is 55.1 Å². The average Bonchev–Trinajstić information content (AvgIpc) is 3.20. The second-order valence-corrected chi connectivity index (χ2v) is 8.12. The van der Waals surface area contributed by atoms with Gasteiger partial charge in [-0.1, -0.05) is 19.1 Å². The number of carbonyl (C=O) groups is 1. The number of thiophene rings is 1. The van der Waals surface area contributed by atoms with Gasteiger partial charge in [-0.25, -0.2) is 4.39 Å². The highest BCUT2D eigenvalue weighted by molar-refractivity contribution is 7.14. The number of aryl methyl sites for hydroxylation is 3. The van der Waals surface area contributed by atoms with Gasteiger partial charge in [0.25, 0.3) is 5.91 Å². The Morgan fingerprint density at radius 3 is 2.57 bits per heavy atom. The van der Waals surface area contributed by atoms with E-state index in [0.29, 0.717) is 17.8 Å². The third-order valence-electron chi connectivity index (χ3n) is 5.07. The minimum atomic E-state index is -0.452. The van der Waals surface area contributed by atoms with Crippen LogP contribution in [0.15, 0.2) is 30.5 Å². The lowest BCUT2D eigenvalue weighted by Crippen LogP contribution is -2.20. The van der Waals surface area contributed by atoms with Crippen molar-refractivity contribution in [3.63, 3.8) is 0 Å². The van der Waals surface area contributed by atoms with E-state index < -0.39 is 5.91 Å². The minimum absolute atomic E-state index is 0.118. The summed E-state index contributed by atoms with van der Waals surface area (Å²) in [6, 6.07) is 6.38. The van der Waals surface area contributed by atoms with Crippen molar-refractivity contribution < 1.29 is 9.18 Å². The molecule has 148 valence electrons. The van der Waals surface area contributed by atoms with Crippen LogP contribution in [-0.4, -0.2) is 22.2 Å². The summed E-state index contributed by atoms with van der Waals surface area (Å²) in [6.07, 6.45) is 3.28. The summed E-state index contributed by atoms with van der Waals surface area (Å²) in [5, 5.41) is 4.41. The molecule has 1 atom stereocenters. The van der Waals surface area contributed by atoms with Gasteiger partial charge < -0.3 is 11.5 Å². The molecule has 2 heterocycles. The number of rotatable bonds is 7. The Balaban J connectivity index is 2.18. The molecular weight excluding hydrogens is 375 g/mol. The maximum absolute atomic E-state index is 13.3. The molecule has 0 bridgehead atoms. The largest absolute Gasteiger partial charge is 0.365 e. The number of hydrogen-bond donors (Lipinski definition) is 2. The molecule has 1 amide bonds. The number of carbonyl (C=O) groups excluding carboxylic acids is 1. The zero-order valence-corrected chi connectivity index (χ0v) is 17.1. The number of hydrogen-bond acceptors (Lipinski definition) is 4. The molecule has 0 saturated carbocycles. The number of aromatic nitrogens is 2. The molecule has 1 aromatic carbocycles. The zero-order valence-electron chi connectivity index (χ0n) is 16.3. The molecule has 0 aliphatic rings. The van der Waals surface area contributed by atoms with Gasteiger partial charge >= 0.3 is 0 Å². The van der Waals surface area contributed by atoms with Gasteiger partial charge in [-0.2, -0.15) is 5.10 Å². The molecule has 5 nitrogen and oxygen atoms in total. The highest BCUT2D eigenvalue weighted by Crippen LogP contribution is 2.42. The summed E-state index contributed by atoms with van der Waals surface area (Å²) in [5.41, 5.74) is 16.8. The molecule has 4 N–H and O–H groups in total. The van der Waals surface area contributed by atoms with E-state index in [9.17, 15) is 9.18 Å². The normalized spacial score (nSPS) is 12.3. The minimum Gasteiger partial charge on any atom is -0.365 e. The molecule has 7 heteroatoms. The van der Waals surface area contributed by atoms with Crippen molar-refractivity contribution in [2.24, 2.45) is 18.5 Å². The van der Waals surface area contributed by atoms with Gasteiger partial charge in [0.05, 0.1) is 16.8 Å². The Bertz CT molecular complexity index is 991. The van der Waals surface area contributed by atoms with Gasteiger partial charge in [0.15, 0.2) is 0 Å². The van der Waals surface area contributed by atoms with Gasteiger partial charge in [-0.15, -0.1) is 11.3 Å². The van der Waals surface area contributed by atoms with Crippen LogP contribution in [0.25, 0.3) is 11.3 Å². The van der Waals surface area contributed by atoms with Crippen LogP contribution in [-0.2, 0) is 19.9 Å². The first-order valence-corrected chi connectivity index (χ1v) is 10.1. The number of nitrogens with zero attached hydrogens (tertiary/aromatic N) is 2. The Kier molecular flexibility index (Phi) is 5.96. The Morgan fingerprint density at radius 1 is 1.32 bits per heavy atom. The summed E-state index contributed by atoms with van der Waals surface area (Å²) in [5.74, 6) is -0.847. The van der Waals surface area contributed by atoms with E-state index in [1.54, 1.807) is 12.1 Å². The lowest BCUT2D eigenvalue weighted by atomic mass is 9.87. The lowest BCUT2D eigenvalue weighted by Gasteiger charge is -2.19. The van der Waals surface area contributed by atoms with Gasteiger partial charge in [-0.3, -0.25) is 9.48 Å². The highest BCUT2D eigenvalue weighted by atomic mass is 32.1. The van der Waals surface area contributed by atoms with Crippen LogP contribution in [0.2, 0.25) is 0 Å². The molecule has 0 radical (unpaired) electrons. The number of benzene rings is 1.